The predicted octanol–water partition coefficient (Wildman–Crippen LogP) is 7.66. The van der Waals surface area contributed by atoms with Crippen LogP contribution in [0.5, 0.6) is 0 Å². The molecule has 4 rings (SSSR count). The third-order valence-corrected chi connectivity index (χ3v) is 6.63. The minimum Gasteiger partial charge on any atom is -0.459 e. The zero-order chi connectivity index (χ0) is 24.4. The predicted molar refractivity (Wildman–Crippen MR) is 123 cm³/mol. The monoisotopic (exact) mass is 470 g/mol. The van der Waals surface area contributed by atoms with E-state index < -0.39 is 40.9 Å². The molecule has 3 aromatic rings. The van der Waals surface area contributed by atoms with Crippen molar-refractivity contribution < 1.29 is 27.1 Å². The van der Waals surface area contributed by atoms with Crippen LogP contribution >= 0.6 is 0 Å². The van der Waals surface area contributed by atoms with E-state index in [-0.39, 0.29) is 17.0 Å². The summed E-state index contributed by atoms with van der Waals surface area (Å²) in [4.78, 5) is 12.4. The number of aryl methyl sites for hydroxylation is 2. The van der Waals surface area contributed by atoms with Gasteiger partial charge in [-0.15, -0.1) is 0 Å². The van der Waals surface area contributed by atoms with Crippen LogP contribution in [0, 0.1) is 30.2 Å². The van der Waals surface area contributed by atoms with Gasteiger partial charge in [0.2, 0.25) is 0 Å². The fraction of sp³-hybridized carbons (Fsp3) is 0.321. The third kappa shape index (κ3) is 4.72. The number of ether oxygens (including phenoxy) is 1. The number of carbonyl (C=O) groups excluding carboxylic acids is 1. The second-order valence-corrected chi connectivity index (χ2v) is 8.83. The first kappa shape index (κ1) is 24.0. The Morgan fingerprint density at radius 1 is 0.824 bits per heavy atom. The molecule has 1 aliphatic rings. The first-order valence-electron chi connectivity index (χ1n) is 11.5. The molecule has 178 valence electrons. The number of esters is 1. The van der Waals surface area contributed by atoms with E-state index in [0.29, 0.717) is 43.2 Å². The largest absolute Gasteiger partial charge is 0.459 e. The zero-order valence-electron chi connectivity index (χ0n) is 19.1. The molecule has 0 bridgehead atoms. The second-order valence-electron chi connectivity index (χ2n) is 8.83. The Bertz CT molecular complexity index is 1200. The first-order valence-corrected chi connectivity index (χ1v) is 11.5. The molecule has 0 amide bonds. The summed E-state index contributed by atoms with van der Waals surface area (Å²) >= 11 is 0. The molecule has 1 fully saturated rings. The Labute approximate surface area is 196 Å². The van der Waals surface area contributed by atoms with Gasteiger partial charge in [0.15, 0.2) is 23.3 Å². The quantitative estimate of drug-likeness (QED) is 0.283. The van der Waals surface area contributed by atoms with Gasteiger partial charge in [0.25, 0.3) is 0 Å². The molecule has 0 atom stereocenters. The van der Waals surface area contributed by atoms with Crippen molar-refractivity contribution in [1.82, 2.24) is 0 Å². The highest BCUT2D eigenvalue weighted by atomic mass is 19.2. The van der Waals surface area contributed by atoms with Gasteiger partial charge in [0.05, 0.1) is 5.56 Å². The molecule has 0 aliphatic heterocycles. The van der Waals surface area contributed by atoms with Crippen LogP contribution in [0.4, 0.5) is 17.6 Å². The van der Waals surface area contributed by atoms with Crippen LogP contribution < -0.4 is 0 Å². The van der Waals surface area contributed by atoms with Gasteiger partial charge in [0, 0.05) is 5.56 Å². The van der Waals surface area contributed by atoms with E-state index >= 15 is 0 Å². The van der Waals surface area contributed by atoms with E-state index in [2.05, 4.69) is 0 Å². The van der Waals surface area contributed by atoms with Crippen molar-refractivity contribution in [3.8, 4) is 11.1 Å². The summed E-state index contributed by atoms with van der Waals surface area (Å²) in [6, 6.07) is 13.1. The van der Waals surface area contributed by atoms with E-state index in [0.717, 1.165) is 5.56 Å². The third-order valence-electron chi connectivity index (χ3n) is 6.63. The van der Waals surface area contributed by atoms with Crippen molar-refractivity contribution in [3.05, 3.63) is 94.1 Å². The molecule has 34 heavy (non-hydrogen) atoms. The number of benzene rings is 3. The molecule has 0 N–H and O–H groups in total. The lowest BCUT2D eigenvalue weighted by Gasteiger charge is -2.29. The fourth-order valence-corrected chi connectivity index (χ4v) is 4.56. The summed E-state index contributed by atoms with van der Waals surface area (Å²) in [6.07, 6.45) is 1.65. The van der Waals surface area contributed by atoms with E-state index in [4.69, 9.17) is 4.74 Å². The smallest absolute Gasteiger partial charge is 0.341 e. The Morgan fingerprint density at radius 3 is 2.15 bits per heavy atom. The second kappa shape index (κ2) is 10.00. The number of halogens is 4. The van der Waals surface area contributed by atoms with Crippen LogP contribution in [0.2, 0.25) is 0 Å². The summed E-state index contributed by atoms with van der Waals surface area (Å²) in [5.74, 6) is -5.09. The maximum absolute atomic E-state index is 14.9. The summed E-state index contributed by atoms with van der Waals surface area (Å²) in [5.41, 5.74) is 1.92. The van der Waals surface area contributed by atoms with Gasteiger partial charge in [-0.25, -0.2) is 22.4 Å². The van der Waals surface area contributed by atoms with E-state index in [9.17, 15) is 22.4 Å². The minimum atomic E-state index is -1.20. The van der Waals surface area contributed by atoms with E-state index in [1.807, 2.05) is 19.1 Å². The van der Waals surface area contributed by atoms with Crippen LogP contribution in [0.1, 0.15) is 65.6 Å². The van der Waals surface area contributed by atoms with Gasteiger partial charge in [-0.2, -0.15) is 0 Å². The van der Waals surface area contributed by atoms with Crippen molar-refractivity contribution in [2.45, 2.75) is 58.0 Å². The topological polar surface area (TPSA) is 26.3 Å². The van der Waals surface area contributed by atoms with Crippen LogP contribution in [0.3, 0.4) is 0 Å². The molecule has 0 heterocycles. The highest BCUT2D eigenvalue weighted by Gasteiger charge is 2.29. The maximum atomic E-state index is 14.9. The minimum absolute atomic E-state index is 0.192. The average molecular weight is 471 g/mol. The normalized spacial score (nSPS) is 18.1. The number of hydrogen-bond acceptors (Lipinski definition) is 2. The van der Waals surface area contributed by atoms with Crippen LogP contribution in [-0.2, 0) is 11.2 Å². The summed E-state index contributed by atoms with van der Waals surface area (Å²) in [5, 5.41) is 0. The Kier molecular flexibility index (Phi) is 7.05. The van der Waals surface area contributed by atoms with Gasteiger partial charge in [-0.3, -0.25) is 0 Å². The SMILES string of the molecule is CCc1ccc(C(=O)OC2CCC(c3ccc(-c4ccc(C)cc4)c(F)c3F)CC2)c(F)c1F. The van der Waals surface area contributed by atoms with Gasteiger partial charge >= 0.3 is 5.97 Å². The van der Waals surface area contributed by atoms with Gasteiger partial charge in [-0.1, -0.05) is 55.0 Å². The molecule has 2 nitrogen and oxygen atoms in total. The molecule has 6 heteroatoms. The lowest BCUT2D eigenvalue weighted by molar-refractivity contribution is 0.0188. The molecule has 0 radical (unpaired) electrons. The molecule has 3 aromatic carbocycles. The molecular weight excluding hydrogens is 444 g/mol. The average Bonchev–Trinajstić information content (AvgIpc) is 2.84. The van der Waals surface area contributed by atoms with Crippen molar-refractivity contribution in [3.63, 3.8) is 0 Å². The summed E-state index contributed by atoms with van der Waals surface area (Å²) in [6.45, 7) is 3.62. The van der Waals surface area contributed by atoms with Gasteiger partial charge < -0.3 is 4.74 Å². The zero-order valence-corrected chi connectivity index (χ0v) is 19.1. The van der Waals surface area contributed by atoms with Crippen molar-refractivity contribution in [1.29, 1.82) is 0 Å². The number of rotatable bonds is 5. The number of hydrogen-bond donors (Lipinski definition) is 0. The lowest BCUT2D eigenvalue weighted by atomic mass is 9.82. The first-order chi connectivity index (χ1) is 16.3. The molecule has 0 spiro atoms. The van der Waals surface area contributed by atoms with Crippen LogP contribution in [0.25, 0.3) is 11.1 Å². The molecule has 1 saturated carbocycles. The maximum Gasteiger partial charge on any atom is 0.341 e. The number of carbonyl (C=O) groups is 1. The van der Waals surface area contributed by atoms with Crippen molar-refractivity contribution in [2.75, 3.05) is 0 Å². The van der Waals surface area contributed by atoms with E-state index in [1.165, 1.54) is 12.1 Å². The van der Waals surface area contributed by atoms with Crippen molar-refractivity contribution in [2.24, 2.45) is 0 Å². The van der Waals surface area contributed by atoms with Crippen LogP contribution in [-0.4, -0.2) is 12.1 Å². The molecular formula is C28H26F4O2. The van der Waals surface area contributed by atoms with E-state index in [1.54, 1.807) is 31.2 Å². The van der Waals surface area contributed by atoms with Crippen LogP contribution in [0.15, 0.2) is 48.5 Å². The fourth-order valence-electron chi connectivity index (χ4n) is 4.56. The highest BCUT2D eigenvalue weighted by Crippen LogP contribution is 2.38. The molecule has 0 saturated heterocycles. The Hall–Kier alpha value is -3.15. The molecule has 0 aromatic heterocycles. The summed E-state index contributed by atoms with van der Waals surface area (Å²) < 4.78 is 63.5. The lowest BCUT2D eigenvalue weighted by Crippen LogP contribution is -2.25. The highest BCUT2D eigenvalue weighted by molar-refractivity contribution is 5.90. The van der Waals surface area contributed by atoms with Crippen molar-refractivity contribution >= 4 is 5.97 Å². The Morgan fingerprint density at radius 2 is 1.50 bits per heavy atom. The Balaban J connectivity index is 1.42. The van der Waals surface area contributed by atoms with Gasteiger partial charge in [-0.05, 0) is 67.7 Å². The molecule has 0 unspecified atom stereocenters. The van der Waals surface area contributed by atoms with Gasteiger partial charge in [0.1, 0.15) is 6.10 Å². The summed E-state index contributed by atoms with van der Waals surface area (Å²) in [7, 11) is 0. The standard InChI is InChI=1S/C28H26F4O2/c1-3-17-10-13-23(27(32)24(17)29)28(33)34-20-11-8-19(9-12-20)22-15-14-21(25(30)26(22)31)18-6-4-16(2)5-7-18/h4-7,10,13-15,19-20H,3,8-9,11-12H2,1-2H3. The molecule has 1 aliphatic carbocycles.